The molecule has 0 aromatic carbocycles. The molecule has 2 heteroatoms. The second-order valence-corrected chi connectivity index (χ2v) is 2.27. The lowest BCUT2D eigenvalue weighted by molar-refractivity contribution is -0.142. The number of rotatable bonds is 5. The molecule has 0 aliphatic rings. The molecular weight excluding hydrogens is 152 g/mol. The van der Waals surface area contributed by atoms with Gasteiger partial charge in [0.15, 0.2) is 0 Å². The molecule has 0 fully saturated rings. The van der Waals surface area contributed by atoms with Crippen molar-refractivity contribution in [3.63, 3.8) is 0 Å². The summed E-state index contributed by atoms with van der Waals surface area (Å²) in [4.78, 5) is 10.8. The van der Waals surface area contributed by atoms with E-state index >= 15 is 0 Å². The topological polar surface area (TPSA) is 26.3 Å². The number of esters is 1. The third-order valence-electron chi connectivity index (χ3n) is 1.21. The summed E-state index contributed by atoms with van der Waals surface area (Å²) in [5, 5.41) is 0. The minimum absolute atomic E-state index is 0.168. The van der Waals surface area contributed by atoms with Gasteiger partial charge in [0.25, 0.3) is 0 Å². The first-order chi connectivity index (χ1) is 5.81. The Kier molecular flexibility index (Phi) is 7.35. The molecule has 0 saturated heterocycles. The molecule has 68 valence electrons. The van der Waals surface area contributed by atoms with Crippen molar-refractivity contribution in [2.45, 2.75) is 26.7 Å². The summed E-state index contributed by atoms with van der Waals surface area (Å²) in [7, 11) is 0. The molecule has 0 amide bonds. The van der Waals surface area contributed by atoms with Gasteiger partial charge in [-0.25, -0.2) is 0 Å². The molecule has 0 radical (unpaired) electrons. The van der Waals surface area contributed by atoms with Crippen molar-refractivity contribution < 1.29 is 9.53 Å². The zero-order chi connectivity index (χ0) is 9.23. The Morgan fingerprint density at radius 2 is 1.92 bits per heavy atom. The molecule has 0 aliphatic carbocycles. The summed E-state index contributed by atoms with van der Waals surface area (Å²) in [5.74, 6) is -0.168. The second kappa shape index (κ2) is 8.05. The Balaban J connectivity index is 3.46. The summed E-state index contributed by atoms with van der Waals surface area (Å²) in [6.45, 7) is 4.33. The number of carbonyl (C=O) groups is 1. The van der Waals surface area contributed by atoms with Crippen LogP contribution in [0.5, 0.6) is 0 Å². The molecule has 0 unspecified atom stereocenters. The fourth-order valence-corrected chi connectivity index (χ4v) is 0.677. The SMILES string of the molecule is CC/C=C\C=C/CC(=O)OCC. The molecule has 2 nitrogen and oxygen atoms in total. The molecular formula is C10H16O2. The van der Waals surface area contributed by atoms with Gasteiger partial charge in [0.05, 0.1) is 13.0 Å². The Bertz CT molecular complexity index is 169. The molecule has 0 heterocycles. The lowest BCUT2D eigenvalue weighted by Crippen LogP contribution is -2.01. The first-order valence-electron chi connectivity index (χ1n) is 4.28. The maximum absolute atomic E-state index is 10.8. The summed E-state index contributed by atoms with van der Waals surface area (Å²) in [5.41, 5.74) is 0. The van der Waals surface area contributed by atoms with Gasteiger partial charge in [-0.3, -0.25) is 4.79 Å². The summed E-state index contributed by atoms with van der Waals surface area (Å²) in [6.07, 6.45) is 9.00. The van der Waals surface area contributed by atoms with Crippen molar-refractivity contribution in [1.29, 1.82) is 0 Å². The fraction of sp³-hybridized carbons (Fsp3) is 0.500. The smallest absolute Gasteiger partial charge is 0.309 e. The monoisotopic (exact) mass is 168 g/mol. The van der Waals surface area contributed by atoms with E-state index in [2.05, 4.69) is 6.92 Å². The lowest BCUT2D eigenvalue weighted by atomic mass is 10.3. The highest BCUT2D eigenvalue weighted by Crippen LogP contribution is 1.89. The predicted octanol–water partition coefficient (Wildman–Crippen LogP) is 2.46. The van der Waals surface area contributed by atoms with E-state index < -0.39 is 0 Å². The molecule has 0 bridgehead atoms. The summed E-state index contributed by atoms with van der Waals surface area (Å²) < 4.78 is 4.73. The highest BCUT2D eigenvalue weighted by atomic mass is 16.5. The molecule has 0 aromatic rings. The lowest BCUT2D eigenvalue weighted by Gasteiger charge is -1.95. The molecule has 0 aliphatic heterocycles. The van der Waals surface area contributed by atoms with E-state index in [-0.39, 0.29) is 5.97 Å². The van der Waals surface area contributed by atoms with Crippen LogP contribution in [-0.2, 0) is 9.53 Å². The molecule has 0 saturated carbocycles. The molecule has 0 atom stereocenters. The van der Waals surface area contributed by atoms with E-state index in [0.717, 1.165) is 6.42 Å². The Labute approximate surface area is 73.9 Å². The molecule has 12 heavy (non-hydrogen) atoms. The quantitative estimate of drug-likeness (QED) is 0.465. The van der Waals surface area contributed by atoms with Crippen molar-refractivity contribution in [2.24, 2.45) is 0 Å². The number of hydrogen-bond acceptors (Lipinski definition) is 2. The van der Waals surface area contributed by atoms with E-state index in [0.29, 0.717) is 13.0 Å². The maximum atomic E-state index is 10.8. The summed E-state index contributed by atoms with van der Waals surface area (Å²) >= 11 is 0. The first-order valence-corrected chi connectivity index (χ1v) is 4.28. The Morgan fingerprint density at radius 1 is 1.25 bits per heavy atom. The van der Waals surface area contributed by atoms with Crippen LogP contribution < -0.4 is 0 Å². The van der Waals surface area contributed by atoms with Crippen molar-refractivity contribution in [3.05, 3.63) is 24.3 Å². The van der Waals surface area contributed by atoms with Gasteiger partial charge >= 0.3 is 5.97 Å². The van der Waals surface area contributed by atoms with Crippen molar-refractivity contribution >= 4 is 5.97 Å². The van der Waals surface area contributed by atoms with E-state index in [4.69, 9.17) is 4.74 Å². The van der Waals surface area contributed by atoms with E-state index in [1.807, 2.05) is 18.2 Å². The molecule has 0 spiro atoms. The van der Waals surface area contributed by atoms with Crippen molar-refractivity contribution in [2.75, 3.05) is 6.61 Å². The van der Waals surface area contributed by atoms with Crippen LogP contribution in [0.1, 0.15) is 26.7 Å². The third-order valence-corrected chi connectivity index (χ3v) is 1.21. The number of hydrogen-bond donors (Lipinski definition) is 0. The molecule has 0 aromatic heterocycles. The van der Waals surface area contributed by atoms with Gasteiger partial charge in [0.1, 0.15) is 0 Å². The van der Waals surface area contributed by atoms with E-state index in [1.165, 1.54) is 0 Å². The normalized spacial score (nSPS) is 11.2. The number of carbonyl (C=O) groups excluding carboxylic acids is 1. The van der Waals surface area contributed by atoms with Gasteiger partial charge in [-0.2, -0.15) is 0 Å². The summed E-state index contributed by atoms with van der Waals surface area (Å²) in [6, 6.07) is 0. The van der Waals surface area contributed by atoms with Crippen LogP contribution in [0.2, 0.25) is 0 Å². The highest BCUT2D eigenvalue weighted by Gasteiger charge is 1.94. The second-order valence-electron chi connectivity index (χ2n) is 2.27. The average molecular weight is 168 g/mol. The van der Waals surface area contributed by atoms with Gasteiger partial charge in [-0.1, -0.05) is 31.2 Å². The highest BCUT2D eigenvalue weighted by molar-refractivity contribution is 5.71. The van der Waals surface area contributed by atoms with Gasteiger partial charge in [0.2, 0.25) is 0 Å². The Morgan fingerprint density at radius 3 is 2.50 bits per heavy atom. The van der Waals surface area contributed by atoms with Crippen molar-refractivity contribution in [1.82, 2.24) is 0 Å². The van der Waals surface area contributed by atoms with Gasteiger partial charge in [-0.15, -0.1) is 0 Å². The predicted molar refractivity (Wildman–Crippen MR) is 49.8 cm³/mol. The van der Waals surface area contributed by atoms with Crippen molar-refractivity contribution in [3.8, 4) is 0 Å². The van der Waals surface area contributed by atoms with Gasteiger partial charge in [0, 0.05) is 0 Å². The van der Waals surface area contributed by atoms with Gasteiger partial charge in [-0.05, 0) is 13.3 Å². The van der Waals surface area contributed by atoms with Crippen LogP contribution in [0.15, 0.2) is 24.3 Å². The fourth-order valence-electron chi connectivity index (χ4n) is 0.677. The van der Waals surface area contributed by atoms with Crippen LogP contribution in [0.3, 0.4) is 0 Å². The zero-order valence-corrected chi connectivity index (χ0v) is 7.75. The molecule has 0 N–H and O–H groups in total. The maximum Gasteiger partial charge on any atom is 0.309 e. The van der Waals surface area contributed by atoms with Crippen LogP contribution in [0.4, 0.5) is 0 Å². The number of ether oxygens (including phenoxy) is 1. The largest absolute Gasteiger partial charge is 0.466 e. The van der Waals surface area contributed by atoms with E-state index in [1.54, 1.807) is 13.0 Å². The third kappa shape index (κ3) is 7.06. The van der Waals surface area contributed by atoms with Crippen LogP contribution >= 0.6 is 0 Å². The zero-order valence-electron chi connectivity index (χ0n) is 7.75. The standard InChI is InChI=1S/C10H16O2/c1-3-5-6-7-8-9-10(11)12-4-2/h5-8H,3-4,9H2,1-2H3/b6-5-,8-7-. The molecule has 0 rings (SSSR count). The first kappa shape index (κ1) is 11.0. The average Bonchev–Trinajstić information content (AvgIpc) is 2.05. The van der Waals surface area contributed by atoms with Crippen LogP contribution in [0, 0.1) is 0 Å². The minimum Gasteiger partial charge on any atom is -0.466 e. The van der Waals surface area contributed by atoms with Crippen LogP contribution in [0.25, 0.3) is 0 Å². The number of allylic oxidation sites excluding steroid dienone is 3. The minimum atomic E-state index is -0.168. The van der Waals surface area contributed by atoms with E-state index in [9.17, 15) is 4.79 Å². The Hall–Kier alpha value is -1.05. The van der Waals surface area contributed by atoms with Gasteiger partial charge < -0.3 is 4.74 Å². The van der Waals surface area contributed by atoms with Crippen LogP contribution in [-0.4, -0.2) is 12.6 Å².